The van der Waals surface area contributed by atoms with Gasteiger partial charge in [0, 0.05) is 30.2 Å². The zero-order chi connectivity index (χ0) is 14.2. The van der Waals surface area contributed by atoms with Gasteiger partial charge in [-0.2, -0.15) is 0 Å². The lowest BCUT2D eigenvalue weighted by molar-refractivity contribution is -0.0480. The molecule has 2 nitrogen and oxygen atoms in total. The molecule has 2 aliphatic rings. The molecule has 0 amide bonds. The van der Waals surface area contributed by atoms with Crippen molar-refractivity contribution in [3.05, 3.63) is 35.9 Å². The SMILES string of the molecule is CCC1(C)CN(C2(C)CCC2)C(c2ccccc2)CN1. The Balaban J connectivity index is 1.89. The first-order valence-electron chi connectivity index (χ1n) is 8.13. The lowest BCUT2D eigenvalue weighted by atomic mass is 9.74. The van der Waals surface area contributed by atoms with E-state index in [1.165, 1.54) is 37.8 Å². The molecule has 0 radical (unpaired) electrons. The van der Waals surface area contributed by atoms with E-state index >= 15 is 0 Å². The fraction of sp³-hybridized carbons (Fsp3) is 0.667. The molecular formula is C18H28N2. The highest BCUT2D eigenvalue weighted by molar-refractivity contribution is 5.22. The summed E-state index contributed by atoms with van der Waals surface area (Å²) in [6, 6.07) is 11.6. The molecule has 110 valence electrons. The standard InChI is InChI=1S/C18H28N2/c1-4-17(2)14-20(18(3)11-8-12-18)16(13-19-17)15-9-6-5-7-10-15/h5-7,9-10,16,19H,4,8,11-14H2,1-3H3. The number of rotatable bonds is 3. The van der Waals surface area contributed by atoms with Crippen molar-refractivity contribution in [1.82, 2.24) is 10.2 Å². The molecular weight excluding hydrogens is 244 g/mol. The van der Waals surface area contributed by atoms with Crippen molar-refractivity contribution in [1.29, 1.82) is 0 Å². The highest BCUT2D eigenvalue weighted by Gasteiger charge is 2.46. The molecule has 0 spiro atoms. The maximum absolute atomic E-state index is 3.80. The first kappa shape index (κ1) is 14.1. The molecule has 1 N–H and O–H groups in total. The predicted octanol–water partition coefficient (Wildman–Crippen LogP) is 3.74. The van der Waals surface area contributed by atoms with E-state index in [4.69, 9.17) is 0 Å². The van der Waals surface area contributed by atoms with Crippen LogP contribution in [0.1, 0.15) is 58.1 Å². The summed E-state index contributed by atoms with van der Waals surface area (Å²) >= 11 is 0. The number of benzene rings is 1. The fourth-order valence-electron chi connectivity index (χ4n) is 3.75. The van der Waals surface area contributed by atoms with E-state index in [1.54, 1.807) is 0 Å². The van der Waals surface area contributed by atoms with Gasteiger partial charge in [-0.25, -0.2) is 0 Å². The summed E-state index contributed by atoms with van der Waals surface area (Å²) in [6.07, 6.45) is 5.30. The van der Waals surface area contributed by atoms with Crippen LogP contribution in [-0.4, -0.2) is 29.1 Å². The van der Waals surface area contributed by atoms with E-state index in [1.807, 2.05) is 0 Å². The van der Waals surface area contributed by atoms with Crippen molar-refractivity contribution in [2.75, 3.05) is 13.1 Å². The van der Waals surface area contributed by atoms with Gasteiger partial charge in [0.05, 0.1) is 0 Å². The first-order valence-corrected chi connectivity index (χ1v) is 8.13. The molecule has 2 heteroatoms. The van der Waals surface area contributed by atoms with E-state index in [9.17, 15) is 0 Å². The van der Waals surface area contributed by atoms with Crippen molar-refractivity contribution >= 4 is 0 Å². The van der Waals surface area contributed by atoms with Crippen LogP contribution < -0.4 is 5.32 Å². The summed E-state index contributed by atoms with van der Waals surface area (Å²) < 4.78 is 0. The molecule has 1 saturated heterocycles. The fourth-order valence-corrected chi connectivity index (χ4v) is 3.75. The average Bonchev–Trinajstić information content (AvgIpc) is 2.46. The van der Waals surface area contributed by atoms with Gasteiger partial charge in [0.25, 0.3) is 0 Å². The molecule has 1 heterocycles. The Hall–Kier alpha value is -0.860. The highest BCUT2D eigenvalue weighted by atomic mass is 15.3. The molecule has 2 atom stereocenters. The van der Waals surface area contributed by atoms with Crippen LogP contribution in [0.2, 0.25) is 0 Å². The molecule has 20 heavy (non-hydrogen) atoms. The van der Waals surface area contributed by atoms with Gasteiger partial charge in [-0.15, -0.1) is 0 Å². The number of piperazine rings is 1. The molecule has 1 aromatic carbocycles. The number of hydrogen-bond donors (Lipinski definition) is 1. The lowest BCUT2D eigenvalue weighted by Crippen LogP contribution is -2.66. The Morgan fingerprint density at radius 1 is 1.20 bits per heavy atom. The topological polar surface area (TPSA) is 15.3 Å². The zero-order valence-corrected chi connectivity index (χ0v) is 13.2. The van der Waals surface area contributed by atoms with E-state index in [0.29, 0.717) is 11.6 Å². The third-order valence-electron chi connectivity index (χ3n) is 5.71. The van der Waals surface area contributed by atoms with Crippen LogP contribution in [-0.2, 0) is 0 Å². The number of nitrogens with zero attached hydrogens (tertiary/aromatic N) is 1. The van der Waals surface area contributed by atoms with Gasteiger partial charge in [0.1, 0.15) is 0 Å². The van der Waals surface area contributed by atoms with Crippen LogP contribution in [0, 0.1) is 0 Å². The maximum atomic E-state index is 3.80. The molecule has 2 unspecified atom stereocenters. The zero-order valence-electron chi connectivity index (χ0n) is 13.2. The van der Waals surface area contributed by atoms with Gasteiger partial charge >= 0.3 is 0 Å². The van der Waals surface area contributed by atoms with Gasteiger partial charge in [-0.05, 0) is 45.1 Å². The number of hydrogen-bond acceptors (Lipinski definition) is 2. The summed E-state index contributed by atoms with van der Waals surface area (Å²) in [5.41, 5.74) is 2.15. The summed E-state index contributed by atoms with van der Waals surface area (Å²) in [7, 11) is 0. The Bertz CT molecular complexity index is 452. The molecule has 1 aliphatic carbocycles. The minimum atomic E-state index is 0.268. The van der Waals surface area contributed by atoms with Crippen molar-refractivity contribution in [2.24, 2.45) is 0 Å². The van der Waals surface area contributed by atoms with Crippen LogP contribution in [0.25, 0.3) is 0 Å². The van der Waals surface area contributed by atoms with E-state index in [-0.39, 0.29) is 5.54 Å². The summed E-state index contributed by atoms with van der Waals surface area (Å²) in [4.78, 5) is 2.80. The maximum Gasteiger partial charge on any atom is 0.0479 e. The minimum Gasteiger partial charge on any atom is -0.308 e. The molecule has 3 rings (SSSR count). The second-order valence-corrected chi connectivity index (χ2v) is 7.20. The predicted molar refractivity (Wildman–Crippen MR) is 84.8 cm³/mol. The smallest absolute Gasteiger partial charge is 0.0479 e. The molecule has 0 aromatic heterocycles. The van der Waals surface area contributed by atoms with Crippen LogP contribution in [0.15, 0.2) is 30.3 Å². The molecule has 1 saturated carbocycles. The first-order chi connectivity index (χ1) is 9.56. The second kappa shape index (κ2) is 5.16. The molecule has 1 aliphatic heterocycles. The summed E-state index contributed by atoms with van der Waals surface area (Å²) in [6.45, 7) is 9.39. The Morgan fingerprint density at radius 3 is 2.45 bits per heavy atom. The van der Waals surface area contributed by atoms with Crippen LogP contribution in [0.4, 0.5) is 0 Å². The summed E-state index contributed by atoms with van der Waals surface area (Å²) in [5, 5.41) is 3.80. The third-order valence-corrected chi connectivity index (χ3v) is 5.71. The van der Waals surface area contributed by atoms with Crippen LogP contribution in [0.5, 0.6) is 0 Å². The Labute approximate surface area is 123 Å². The Morgan fingerprint density at radius 2 is 1.90 bits per heavy atom. The third kappa shape index (κ3) is 2.40. The van der Waals surface area contributed by atoms with E-state index in [2.05, 4.69) is 61.3 Å². The van der Waals surface area contributed by atoms with Crippen molar-refractivity contribution in [3.63, 3.8) is 0 Å². The molecule has 0 bridgehead atoms. The normalized spacial score (nSPS) is 33.6. The second-order valence-electron chi connectivity index (χ2n) is 7.20. The lowest BCUT2D eigenvalue weighted by Gasteiger charge is -2.57. The van der Waals surface area contributed by atoms with Gasteiger partial charge < -0.3 is 5.32 Å². The van der Waals surface area contributed by atoms with E-state index < -0.39 is 0 Å². The monoisotopic (exact) mass is 272 g/mol. The number of nitrogens with one attached hydrogen (secondary N) is 1. The quantitative estimate of drug-likeness (QED) is 0.901. The minimum absolute atomic E-state index is 0.268. The average molecular weight is 272 g/mol. The van der Waals surface area contributed by atoms with Gasteiger partial charge in [-0.1, -0.05) is 37.3 Å². The van der Waals surface area contributed by atoms with Gasteiger partial charge in [0.2, 0.25) is 0 Å². The van der Waals surface area contributed by atoms with Crippen molar-refractivity contribution < 1.29 is 0 Å². The van der Waals surface area contributed by atoms with Crippen molar-refractivity contribution in [2.45, 2.75) is 63.6 Å². The molecule has 2 fully saturated rings. The highest BCUT2D eigenvalue weighted by Crippen LogP contribution is 2.44. The van der Waals surface area contributed by atoms with E-state index in [0.717, 1.165) is 6.54 Å². The van der Waals surface area contributed by atoms with Crippen LogP contribution >= 0.6 is 0 Å². The van der Waals surface area contributed by atoms with Gasteiger partial charge in [-0.3, -0.25) is 4.90 Å². The largest absolute Gasteiger partial charge is 0.308 e. The van der Waals surface area contributed by atoms with Gasteiger partial charge in [0.15, 0.2) is 0 Å². The van der Waals surface area contributed by atoms with Crippen LogP contribution in [0.3, 0.4) is 0 Å². The Kier molecular flexibility index (Phi) is 3.64. The van der Waals surface area contributed by atoms with Crippen molar-refractivity contribution in [3.8, 4) is 0 Å². The summed E-state index contributed by atoms with van der Waals surface area (Å²) in [5.74, 6) is 0. The molecule has 1 aromatic rings.